The number of nitrogens with zero attached hydrogens (tertiary/aromatic N) is 1. The summed E-state index contributed by atoms with van der Waals surface area (Å²) in [6.07, 6.45) is 0. The lowest BCUT2D eigenvalue weighted by Crippen LogP contribution is -2.38. The summed E-state index contributed by atoms with van der Waals surface area (Å²) in [5, 5.41) is 3.93. The Kier molecular flexibility index (Phi) is 5.08. The summed E-state index contributed by atoms with van der Waals surface area (Å²) in [6.45, 7) is 5.53. The number of halogens is 2. The van der Waals surface area contributed by atoms with Crippen molar-refractivity contribution in [3.63, 3.8) is 0 Å². The highest BCUT2D eigenvalue weighted by atomic mass is 35.5. The molecule has 4 nitrogen and oxygen atoms in total. The second-order valence-corrected chi connectivity index (χ2v) is 7.23. The second-order valence-electron chi connectivity index (χ2n) is 6.39. The summed E-state index contributed by atoms with van der Waals surface area (Å²) < 4.78 is 0. The normalized spacial score (nSPS) is 14.6. The zero-order valence-electron chi connectivity index (χ0n) is 14.6. The SMILES string of the molecule is Cc1ccccc1NC1=C(c2ccc(Cl)cc2Cl)C(=O)N(C(C)C)C1=O. The molecule has 0 aromatic heterocycles. The number of aryl methyl sites for hydroxylation is 1. The van der Waals surface area contributed by atoms with E-state index in [4.69, 9.17) is 23.2 Å². The highest BCUT2D eigenvalue weighted by Crippen LogP contribution is 2.36. The summed E-state index contributed by atoms with van der Waals surface area (Å²) in [5.41, 5.74) is 2.69. The maximum Gasteiger partial charge on any atom is 0.278 e. The molecular formula is C20H18Cl2N2O2. The molecular weight excluding hydrogens is 371 g/mol. The average molecular weight is 389 g/mol. The van der Waals surface area contributed by atoms with Gasteiger partial charge in [-0.15, -0.1) is 0 Å². The molecule has 0 saturated carbocycles. The molecule has 0 fully saturated rings. The minimum atomic E-state index is -0.370. The van der Waals surface area contributed by atoms with E-state index in [1.807, 2.05) is 31.2 Å². The molecule has 1 aliphatic rings. The van der Waals surface area contributed by atoms with E-state index in [1.165, 1.54) is 4.90 Å². The summed E-state index contributed by atoms with van der Waals surface area (Å²) in [5.74, 6) is -0.737. The molecule has 134 valence electrons. The number of hydrogen-bond donors (Lipinski definition) is 1. The molecule has 0 saturated heterocycles. The Morgan fingerprint density at radius 2 is 1.69 bits per heavy atom. The summed E-state index contributed by atoms with van der Waals surface area (Å²) in [4.78, 5) is 27.2. The summed E-state index contributed by atoms with van der Waals surface area (Å²) in [6, 6.07) is 12.2. The van der Waals surface area contributed by atoms with Crippen LogP contribution in [0.25, 0.3) is 5.57 Å². The molecule has 6 heteroatoms. The van der Waals surface area contributed by atoms with Crippen molar-refractivity contribution in [3.8, 4) is 0 Å². The molecule has 0 radical (unpaired) electrons. The molecule has 26 heavy (non-hydrogen) atoms. The van der Waals surface area contributed by atoms with Crippen LogP contribution in [-0.4, -0.2) is 22.8 Å². The van der Waals surface area contributed by atoms with E-state index in [9.17, 15) is 9.59 Å². The lowest BCUT2D eigenvalue weighted by atomic mass is 10.0. The topological polar surface area (TPSA) is 49.4 Å². The monoisotopic (exact) mass is 388 g/mol. The minimum absolute atomic E-state index is 0.224. The average Bonchev–Trinajstić information content (AvgIpc) is 2.80. The maximum absolute atomic E-state index is 13.0. The third-order valence-electron chi connectivity index (χ3n) is 4.24. The first kappa shape index (κ1) is 18.5. The van der Waals surface area contributed by atoms with Crippen molar-refractivity contribution >= 4 is 46.3 Å². The van der Waals surface area contributed by atoms with Crippen molar-refractivity contribution in [1.29, 1.82) is 0 Å². The van der Waals surface area contributed by atoms with Gasteiger partial charge in [-0.1, -0.05) is 47.5 Å². The fraction of sp³-hybridized carbons (Fsp3) is 0.200. The van der Waals surface area contributed by atoms with Crippen LogP contribution in [0.15, 0.2) is 48.2 Å². The number of nitrogens with one attached hydrogen (secondary N) is 1. The number of anilines is 1. The molecule has 1 N–H and O–H groups in total. The Labute approximate surface area is 162 Å². The predicted molar refractivity (Wildman–Crippen MR) is 105 cm³/mol. The number of amides is 2. The zero-order chi connectivity index (χ0) is 19.0. The van der Waals surface area contributed by atoms with E-state index in [0.29, 0.717) is 15.6 Å². The molecule has 0 spiro atoms. The second kappa shape index (κ2) is 7.14. The van der Waals surface area contributed by atoms with E-state index in [-0.39, 0.29) is 29.1 Å². The van der Waals surface area contributed by atoms with Crippen LogP contribution in [-0.2, 0) is 9.59 Å². The fourth-order valence-electron chi connectivity index (χ4n) is 2.92. The molecule has 0 aliphatic carbocycles. The van der Waals surface area contributed by atoms with Crippen LogP contribution >= 0.6 is 23.2 Å². The maximum atomic E-state index is 13.0. The van der Waals surface area contributed by atoms with E-state index in [0.717, 1.165) is 11.3 Å². The van der Waals surface area contributed by atoms with Gasteiger partial charge in [0.2, 0.25) is 0 Å². The van der Waals surface area contributed by atoms with Crippen LogP contribution in [0.2, 0.25) is 10.0 Å². The molecule has 0 unspecified atom stereocenters. The molecule has 1 heterocycles. The van der Waals surface area contributed by atoms with Crippen LogP contribution in [0.5, 0.6) is 0 Å². The molecule has 3 rings (SSSR count). The number of rotatable bonds is 4. The van der Waals surface area contributed by atoms with Gasteiger partial charge in [-0.05, 0) is 44.5 Å². The van der Waals surface area contributed by atoms with Gasteiger partial charge in [0.25, 0.3) is 11.8 Å². The highest BCUT2D eigenvalue weighted by molar-refractivity contribution is 6.41. The van der Waals surface area contributed by atoms with Gasteiger partial charge in [0.05, 0.1) is 10.6 Å². The van der Waals surface area contributed by atoms with Gasteiger partial charge in [-0.25, -0.2) is 0 Å². The third kappa shape index (κ3) is 3.22. The molecule has 2 aromatic rings. The Hall–Kier alpha value is -2.30. The summed E-state index contributed by atoms with van der Waals surface area (Å²) in [7, 11) is 0. The zero-order valence-corrected chi connectivity index (χ0v) is 16.2. The van der Waals surface area contributed by atoms with Crippen LogP contribution in [0.4, 0.5) is 5.69 Å². The summed E-state index contributed by atoms with van der Waals surface area (Å²) >= 11 is 12.3. The van der Waals surface area contributed by atoms with Crippen molar-refractivity contribution in [2.24, 2.45) is 0 Å². The Morgan fingerprint density at radius 3 is 2.31 bits per heavy atom. The van der Waals surface area contributed by atoms with Gasteiger partial charge >= 0.3 is 0 Å². The van der Waals surface area contributed by atoms with Crippen molar-refractivity contribution in [1.82, 2.24) is 4.90 Å². The van der Waals surface area contributed by atoms with Crippen LogP contribution in [0.1, 0.15) is 25.0 Å². The molecule has 2 amide bonds. The van der Waals surface area contributed by atoms with Crippen LogP contribution in [0, 0.1) is 6.92 Å². The van der Waals surface area contributed by atoms with E-state index < -0.39 is 0 Å². The van der Waals surface area contributed by atoms with E-state index in [2.05, 4.69) is 5.32 Å². The number of benzene rings is 2. The van der Waals surface area contributed by atoms with E-state index in [1.54, 1.807) is 32.0 Å². The lowest BCUT2D eigenvalue weighted by Gasteiger charge is -2.19. The number of hydrogen-bond acceptors (Lipinski definition) is 3. The first-order chi connectivity index (χ1) is 12.3. The molecule has 0 bridgehead atoms. The van der Waals surface area contributed by atoms with Crippen molar-refractivity contribution in [2.75, 3.05) is 5.32 Å². The van der Waals surface area contributed by atoms with Crippen molar-refractivity contribution < 1.29 is 9.59 Å². The van der Waals surface area contributed by atoms with E-state index >= 15 is 0 Å². The third-order valence-corrected chi connectivity index (χ3v) is 4.78. The fourth-order valence-corrected chi connectivity index (χ4v) is 3.42. The van der Waals surface area contributed by atoms with Gasteiger partial charge < -0.3 is 5.32 Å². The van der Waals surface area contributed by atoms with Crippen LogP contribution in [0.3, 0.4) is 0 Å². The number of imide groups is 1. The van der Waals surface area contributed by atoms with Gasteiger partial charge in [-0.2, -0.15) is 0 Å². The highest BCUT2D eigenvalue weighted by Gasteiger charge is 2.41. The van der Waals surface area contributed by atoms with Crippen molar-refractivity contribution in [3.05, 3.63) is 69.3 Å². The standard InChI is InChI=1S/C20H18Cl2N2O2/c1-11(2)24-19(25)17(14-9-8-13(21)10-15(14)22)18(20(24)26)23-16-7-5-4-6-12(16)3/h4-11,23H,1-3H3. The molecule has 2 aromatic carbocycles. The smallest absolute Gasteiger partial charge is 0.278 e. The Morgan fingerprint density at radius 1 is 1.00 bits per heavy atom. The minimum Gasteiger partial charge on any atom is -0.350 e. The van der Waals surface area contributed by atoms with Gasteiger partial charge in [-0.3, -0.25) is 14.5 Å². The van der Waals surface area contributed by atoms with Gasteiger partial charge in [0.15, 0.2) is 0 Å². The van der Waals surface area contributed by atoms with Crippen LogP contribution < -0.4 is 5.32 Å². The lowest BCUT2D eigenvalue weighted by molar-refractivity contribution is -0.138. The number of carbonyl (C=O) groups excluding carboxylic acids is 2. The van der Waals surface area contributed by atoms with Gasteiger partial charge in [0, 0.05) is 22.3 Å². The first-order valence-electron chi connectivity index (χ1n) is 8.21. The van der Waals surface area contributed by atoms with Crippen molar-refractivity contribution in [2.45, 2.75) is 26.8 Å². The first-order valence-corrected chi connectivity index (χ1v) is 8.97. The number of carbonyl (C=O) groups is 2. The Bertz CT molecular complexity index is 935. The molecule has 1 aliphatic heterocycles. The largest absolute Gasteiger partial charge is 0.350 e. The van der Waals surface area contributed by atoms with Gasteiger partial charge in [0.1, 0.15) is 5.70 Å². The predicted octanol–water partition coefficient (Wildman–Crippen LogP) is 4.90. The number of para-hydroxylation sites is 1. The Balaban J connectivity index is 2.18. The quantitative estimate of drug-likeness (QED) is 0.757. The molecule has 0 atom stereocenters.